The minimum absolute atomic E-state index is 0.0530. The van der Waals surface area contributed by atoms with Crippen molar-refractivity contribution in [2.24, 2.45) is 5.92 Å². The highest BCUT2D eigenvalue weighted by Crippen LogP contribution is 2.51. The Morgan fingerprint density at radius 1 is 1.17 bits per heavy atom. The summed E-state index contributed by atoms with van der Waals surface area (Å²) in [4.78, 5) is 11.6. The van der Waals surface area contributed by atoms with Crippen molar-refractivity contribution in [3.8, 4) is 0 Å². The van der Waals surface area contributed by atoms with Gasteiger partial charge in [-0.1, -0.05) is 53.6 Å². The van der Waals surface area contributed by atoms with Crippen molar-refractivity contribution in [3.05, 3.63) is 75.3 Å². The molecule has 3 nitrogen and oxygen atoms in total. The zero-order valence-electron chi connectivity index (χ0n) is 12.7. The smallest absolute Gasteiger partial charge is 0.337 e. The lowest BCUT2D eigenvalue weighted by Gasteiger charge is -2.38. The minimum atomic E-state index is -0.930. The van der Waals surface area contributed by atoms with Crippen molar-refractivity contribution < 1.29 is 9.90 Å². The molecule has 2 aromatic carbocycles. The zero-order chi connectivity index (χ0) is 16.8. The number of anilines is 1. The lowest BCUT2D eigenvalue weighted by molar-refractivity contribution is 0.0697. The maximum absolute atomic E-state index is 11.6. The van der Waals surface area contributed by atoms with E-state index in [-0.39, 0.29) is 12.0 Å². The number of hydrogen-bond acceptors (Lipinski definition) is 2. The SMILES string of the molecule is O=C(O)c1cccc2c1N[C@H](c1ccc(Cl)cc1Cl)[C@H]1CC=C[C@H]21. The molecule has 0 amide bonds. The second-order valence-electron chi connectivity index (χ2n) is 6.22. The summed E-state index contributed by atoms with van der Waals surface area (Å²) in [6, 6.07) is 10.9. The van der Waals surface area contributed by atoms with Gasteiger partial charge in [0.15, 0.2) is 0 Å². The molecule has 0 spiro atoms. The van der Waals surface area contributed by atoms with E-state index in [0.717, 1.165) is 17.5 Å². The van der Waals surface area contributed by atoms with E-state index in [1.165, 1.54) is 0 Å². The van der Waals surface area contributed by atoms with Crippen LogP contribution in [0.5, 0.6) is 0 Å². The second kappa shape index (κ2) is 5.83. The van der Waals surface area contributed by atoms with Crippen LogP contribution in [0.15, 0.2) is 48.6 Å². The maximum atomic E-state index is 11.6. The van der Waals surface area contributed by atoms with Crippen molar-refractivity contribution in [2.45, 2.75) is 18.4 Å². The van der Waals surface area contributed by atoms with Gasteiger partial charge in [-0.3, -0.25) is 0 Å². The molecule has 4 rings (SSSR count). The lowest BCUT2D eigenvalue weighted by atomic mass is 9.76. The van der Waals surface area contributed by atoms with E-state index < -0.39 is 5.97 Å². The average Bonchev–Trinajstić information content (AvgIpc) is 3.03. The summed E-state index contributed by atoms with van der Waals surface area (Å²) in [5.41, 5.74) is 2.97. The van der Waals surface area contributed by atoms with Crippen LogP contribution in [0.4, 0.5) is 5.69 Å². The number of para-hydroxylation sites is 1. The molecule has 3 atom stereocenters. The highest BCUT2D eigenvalue weighted by atomic mass is 35.5. The number of benzene rings is 2. The molecule has 0 unspecified atom stereocenters. The van der Waals surface area contributed by atoms with Gasteiger partial charge >= 0.3 is 5.97 Å². The molecule has 1 heterocycles. The molecule has 2 aromatic rings. The standard InChI is InChI=1S/C19H15Cl2NO2/c20-10-7-8-14(16(21)9-10)17-12-4-1-3-11(12)13-5-2-6-15(19(23)24)18(13)22-17/h1-3,5-9,11-12,17,22H,4H2,(H,23,24)/t11-,12-,17-/m0/s1. The number of carboxylic acids is 1. The maximum Gasteiger partial charge on any atom is 0.337 e. The molecule has 5 heteroatoms. The van der Waals surface area contributed by atoms with Gasteiger partial charge in [0.25, 0.3) is 0 Å². The summed E-state index contributed by atoms with van der Waals surface area (Å²) in [5, 5.41) is 14.2. The normalized spacial score (nSPS) is 24.2. The van der Waals surface area contributed by atoms with Gasteiger partial charge in [-0.05, 0) is 41.7 Å². The van der Waals surface area contributed by atoms with Crippen LogP contribution in [-0.2, 0) is 0 Å². The summed E-state index contributed by atoms with van der Waals surface area (Å²) in [7, 11) is 0. The number of halogens is 2. The predicted octanol–water partition coefficient (Wildman–Crippen LogP) is 5.52. The third kappa shape index (κ3) is 2.40. The fraction of sp³-hybridized carbons (Fsp3) is 0.211. The number of allylic oxidation sites excluding steroid dienone is 2. The Morgan fingerprint density at radius 2 is 2.00 bits per heavy atom. The van der Waals surface area contributed by atoms with E-state index in [1.807, 2.05) is 24.3 Å². The largest absolute Gasteiger partial charge is 0.478 e. The topological polar surface area (TPSA) is 49.3 Å². The molecule has 1 aliphatic carbocycles. The molecule has 2 aliphatic rings. The van der Waals surface area contributed by atoms with E-state index in [0.29, 0.717) is 27.2 Å². The molecule has 2 N–H and O–H groups in total. The Bertz CT molecular complexity index is 862. The van der Waals surface area contributed by atoms with Gasteiger partial charge in [-0.25, -0.2) is 4.79 Å². The Labute approximate surface area is 149 Å². The van der Waals surface area contributed by atoms with Crippen LogP contribution in [0.3, 0.4) is 0 Å². The fourth-order valence-electron chi connectivity index (χ4n) is 3.86. The number of hydrogen-bond donors (Lipinski definition) is 2. The fourth-order valence-corrected chi connectivity index (χ4v) is 4.39. The van der Waals surface area contributed by atoms with Crippen LogP contribution in [0.1, 0.15) is 39.9 Å². The van der Waals surface area contributed by atoms with Crippen LogP contribution in [0.25, 0.3) is 0 Å². The van der Waals surface area contributed by atoms with E-state index in [2.05, 4.69) is 17.5 Å². The van der Waals surface area contributed by atoms with Gasteiger partial charge in [0.1, 0.15) is 0 Å². The first-order valence-electron chi connectivity index (χ1n) is 7.80. The van der Waals surface area contributed by atoms with E-state index in [1.54, 1.807) is 12.1 Å². The van der Waals surface area contributed by atoms with Crippen LogP contribution in [0.2, 0.25) is 10.0 Å². The van der Waals surface area contributed by atoms with E-state index >= 15 is 0 Å². The number of nitrogens with one attached hydrogen (secondary N) is 1. The first kappa shape index (κ1) is 15.6. The number of fused-ring (bicyclic) bond motifs is 3. The molecule has 0 aromatic heterocycles. The Morgan fingerprint density at radius 3 is 2.75 bits per heavy atom. The van der Waals surface area contributed by atoms with Gasteiger partial charge in [0, 0.05) is 16.0 Å². The monoisotopic (exact) mass is 359 g/mol. The second-order valence-corrected chi connectivity index (χ2v) is 7.06. The number of aromatic carboxylic acids is 1. The Balaban J connectivity index is 1.86. The summed E-state index contributed by atoms with van der Waals surface area (Å²) in [6.45, 7) is 0. The number of rotatable bonds is 2. The van der Waals surface area contributed by atoms with Crippen molar-refractivity contribution in [1.82, 2.24) is 0 Å². The van der Waals surface area contributed by atoms with Crippen molar-refractivity contribution >= 4 is 34.9 Å². The molecule has 1 aliphatic heterocycles. The number of carboxylic acid groups (broad SMARTS) is 1. The highest BCUT2D eigenvalue weighted by Gasteiger charge is 2.39. The quantitative estimate of drug-likeness (QED) is 0.694. The molecule has 0 bridgehead atoms. The molecule has 24 heavy (non-hydrogen) atoms. The third-order valence-corrected chi connectivity index (χ3v) is 5.49. The predicted molar refractivity (Wildman–Crippen MR) is 96.2 cm³/mol. The van der Waals surface area contributed by atoms with Crippen LogP contribution < -0.4 is 5.32 Å². The Hall–Kier alpha value is -1.97. The van der Waals surface area contributed by atoms with Crippen molar-refractivity contribution in [2.75, 3.05) is 5.32 Å². The molecular weight excluding hydrogens is 345 g/mol. The van der Waals surface area contributed by atoms with E-state index in [4.69, 9.17) is 23.2 Å². The number of carbonyl (C=O) groups is 1. The molecule has 122 valence electrons. The molecule has 0 saturated heterocycles. The molecule has 0 fully saturated rings. The zero-order valence-corrected chi connectivity index (χ0v) is 14.2. The summed E-state index contributed by atoms with van der Waals surface area (Å²) < 4.78 is 0. The average molecular weight is 360 g/mol. The van der Waals surface area contributed by atoms with Gasteiger partial charge in [-0.15, -0.1) is 0 Å². The summed E-state index contributed by atoms with van der Waals surface area (Å²) in [6.07, 6.45) is 5.27. The summed E-state index contributed by atoms with van der Waals surface area (Å²) in [5.74, 6) is -0.432. The first-order chi connectivity index (χ1) is 11.6. The third-order valence-electron chi connectivity index (χ3n) is 4.92. The van der Waals surface area contributed by atoms with Crippen LogP contribution in [-0.4, -0.2) is 11.1 Å². The van der Waals surface area contributed by atoms with Gasteiger partial charge in [-0.2, -0.15) is 0 Å². The Kier molecular flexibility index (Phi) is 3.78. The van der Waals surface area contributed by atoms with E-state index in [9.17, 15) is 9.90 Å². The van der Waals surface area contributed by atoms with Gasteiger partial charge in [0.05, 0.1) is 17.3 Å². The van der Waals surface area contributed by atoms with Crippen molar-refractivity contribution in [3.63, 3.8) is 0 Å². The molecule has 0 radical (unpaired) electrons. The van der Waals surface area contributed by atoms with Crippen molar-refractivity contribution in [1.29, 1.82) is 0 Å². The van der Waals surface area contributed by atoms with Crippen LogP contribution in [0, 0.1) is 5.92 Å². The highest BCUT2D eigenvalue weighted by molar-refractivity contribution is 6.35. The van der Waals surface area contributed by atoms with Gasteiger partial charge < -0.3 is 10.4 Å². The van der Waals surface area contributed by atoms with Gasteiger partial charge in [0.2, 0.25) is 0 Å². The molecule has 0 saturated carbocycles. The minimum Gasteiger partial charge on any atom is -0.478 e. The lowest BCUT2D eigenvalue weighted by Crippen LogP contribution is -2.30. The first-order valence-corrected chi connectivity index (χ1v) is 8.56. The van der Waals surface area contributed by atoms with Crippen LogP contribution >= 0.6 is 23.2 Å². The summed E-state index contributed by atoms with van der Waals surface area (Å²) >= 11 is 12.4. The molecular formula is C19H15Cl2NO2.